The fourth-order valence-electron chi connectivity index (χ4n) is 1.96. The third kappa shape index (κ3) is 3.52. The lowest BCUT2D eigenvalue weighted by atomic mass is 10.1. The lowest BCUT2D eigenvalue weighted by Gasteiger charge is -2.13. The van der Waals surface area contributed by atoms with Crippen molar-refractivity contribution in [1.29, 1.82) is 0 Å². The molecule has 0 aliphatic rings. The lowest BCUT2D eigenvalue weighted by Crippen LogP contribution is -2.27. The van der Waals surface area contributed by atoms with E-state index in [0.717, 1.165) is 6.26 Å². The zero-order valence-electron chi connectivity index (χ0n) is 12.1. The standard InChI is InChI=1S/C15H17NO4S/c1-10-6-7-12(21(3,18)19)9-13(10)15(17)16-11(2)14-5-4-8-20-14/h4-9,11H,1-3H3,(H,16,17)/t11-/m1/s1. The fourth-order valence-corrected chi connectivity index (χ4v) is 2.61. The van der Waals surface area contributed by atoms with Gasteiger partial charge in [0.15, 0.2) is 9.84 Å². The van der Waals surface area contributed by atoms with Crippen LogP contribution in [0, 0.1) is 6.92 Å². The number of sulfone groups is 1. The van der Waals surface area contributed by atoms with Gasteiger partial charge in [0.2, 0.25) is 0 Å². The zero-order valence-corrected chi connectivity index (χ0v) is 12.9. The van der Waals surface area contributed by atoms with Gasteiger partial charge in [-0.1, -0.05) is 6.07 Å². The van der Waals surface area contributed by atoms with E-state index in [-0.39, 0.29) is 16.8 Å². The average molecular weight is 307 g/mol. The molecule has 0 saturated heterocycles. The van der Waals surface area contributed by atoms with Crippen LogP contribution >= 0.6 is 0 Å². The molecule has 0 fully saturated rings. The summed E-state index contributed by atoms with van der Waals surface area (Å²) in [5.74, 6) is 0.308. The van der Waals surface area contributed by atoms with Crippen LogP contribution in [0.15, 0.2) is 45.9 Å². The second-order valence-electron chi connectivity index (χ2n) is 4.96. The number of hydrogen-bond donors (Lipinski definition) is 1. The van der Waals surface area contributed by atoms with Crippen LogP contribution in [0.5, 0.6) is 0 Å². The molecule has 5 nitrogen and oxygen atoms in total. The Bertz CT molecular complexity index is 748. The Morgan fingerprint density at radius 3 is 2.57 bits per heavy atom. The number of carbonyl (C=O) groups excluding carboxylic acids is 1. The minimum Gasteiger partial charge on any atom is -0.467 e. The molecule has 0 aliphatic heterocycles. The minimum absolute atomic E-state index is 0.129. The molecule has 2 aromatic rings. The van der Waals surface area contributed by atoms with Gasteiger partial charge in [0.25, 0.3) is 5.91 Å². The third-order valence-electron chi connectivity index (χ3n) is 3.20. The first-order chi connectivity index (χ1) is 9.79. The van der Waals surface area contributed by atoms with Gasteiger partial charge in [-0.05, 0) is 43.7 Å². The summed E-state index contributed by atoms with van der Waals surface area (Å²) in [5, 5.41) is 2.79. The van der Waals surface area contributed by atoms with Crippen molar-refractivity contribution in [3.63, 3.8) is 0 Å². The highest BCUT2D eigenvalue weighted by atomic mass is 32.2. The van der Waals surface area contributed by atoms with Crippen molar-refractivity contribution in [3.8, 4) is 0 Å². The first-order valence-corrected chi connectivity index (χ1v) is 8.33. The van der Waals surface area contributed by atoms with Gasteiger partial charge in [-0.15, -0.1) is 0 Å². The van der Waals surface area contributed by atoms with Crippen molar-refractivity contribution in [2.45, 2.75) is 24.8 Å². The first-order valence-electron chi connectivity index (χ1n) is 6.44. The van der Waals surface area contributed by atoms with Crippen LogP contribution in [-0.2, 0) is 9.84 Å². The predicted octanol–water partition coefficient (Wildman–Crippen LogP) is 2.48. The molecule has 0 radical (unpaired) electrons. The van der Waals surface area contributed by atoms with Gasteiger partial charge >= 0.3 is 0 Å². The molecule has 1 atom stereocenters. The second kappa shape index (κ2) is 5.73. The maximum atomic E-state index is 12.3. The molecule has 1 aromatic heterocycles. The zero-order chi connectivity index (χ0) is 15.6. The SMILES string of the molecule is Cc1ccc(S(C)(=O)=O)cc1C(=O)N[C@H](C)c1ccco1. The molecule has 0 aliphatic carbocycles. The van der Waals surface area contributed by atoms with E-state index in [0.29, 0.717) is 16.9 Å². The number of furan rings is 1. The lowest BCUT2D eigenvalue weighted by molar-refractivity contribution is 0.0934. The second-order valence-corrected chi connectivity index (χ2v) is 6.98. The van der Waals surface area contributed by atoms with E-state index >= 15 is 0 Å². The summed E-state index contributed by atoms with van der Waals surface area (Å²) in [6.07, 6.45) is 2.65. The van der Waals surface area contributed by atoms with Crippen LogP contribution in [-0.4, -0.2) is 20.6 Å². The van der Waals surface area contributed by atoms with E-state index in [1.165, 1.54) is 18.4 Å². The number of amides is 1. The predicted molar refractivity (Wildman–Crippen MR) is 78.9 cm³/mol. The van der Waals surface area contributed by atoms with Crippen LogP contribution in [0.25, 0.3) is 0 Å². The molecule has 0 saturated carbocycles. The van der Waals surface area contributed by atoms with Gasteiger partial charge < -0.3 is 9.73 Å². The number of benzene rings is 1. The Hall–Kier alpha value is -2.08. The van der Waals surface area contributed by atoms with Crippen molar-refractivity contribution >= 4 is 15.7 Å². The Morgan fingerprint density at radius 1 is 1.29 bits per heavy atom. The molecule has 2 rings (SSSR count). The van der Waals surface area contributed by atoms with Crippen LogP contribution in [0.3, 0.4) is 0 Å². The molecule has 21 heavy (non-hydrogen) atoms. The molecular weight excluding hydrogens is 290 g/mol. The molecule has 1 heterocycles. The quantitative estimate of drug-likeness (QED) is 0.941. The van der Waals surface area contributed by atoms with Crippen molar-refractivity contribution in [3.05, 3.63) is 53.5 Å². The van der Waals surface area contributed by atoms with Crippen LogP contribution in [0.2, 0.25) is 0 Å². The highest BCUT2D eigenvalue weighted by Crippen LogP contribution is 2.18. The molecular formula is C15H17NO4S. The Labute approximate surface area is 123 Å². The number of carbonyl (C=O) groups is 1. The van der Waals surface area contributed by atoms with Gasteiger partial charge in [-0.25, -0.2) is 8.42 Å². The summed E-state index contributed by atoms with van der Waals surface area (Å²) >= 11 is 0. The summed E-state index contributed by atoms with van der Waals surface area (Å²) in [5.41, 5.74) is 1.06. The summed E-state index contributed by atoms with van der Waals surface area (Å²) in [7, 11) is -3.35. The van der Waals surface area contributed by atoms with E-state index < -0.39 is 9.84 Å². The molecule has 1 aromatic carbocycles. The summed E-state index contributed by atoms with van der Waals surface area (Å²) in [6.45, 7) is 3.56. The molecule has 0 spiro atoms. The fraction of sp³-hybridized carbons (Fsp3) is 0.267. The monoisotopic (exact) mass is 307 g/mol. The number of hydrogen-bond acceptors (Lipinski definition) is 4. The molecule has 112 valence electrons. The topological polar surface area (TPSA) is 76.4 Å². The van der Waals surface area contributed by atoms with E-state index in [9.17, 15) is 13.2 Å². The van der Waals surface area contributed by atoms with E-state index in [1.54, 1.807) is 32.0 Å². The van der Waals surface area contributed by atoms with Gasteiger partial charge in [0.05, 0.1) is 17.2 Å². The highest BCUT2D eigenvalue weighted by molar-refractivity contribution is 7.90. The van der Waals surface area contributed by atoms with Gasteiger partial charge in [-0.2, -0.15) is 0 Å². The molecule has 0 unspecified atom stereocenters. The Balaban J connectivity index is 2.27. The smallest absolute Gasteiger partial charge is 0.252 e. The van der Waals surface area contributed by atoms with Crippen molar-refractivity contribution in [2.24, 2.45) is 0 Å². The Kier molecular flexibility index (Phi) is 4.18. The molecule has 1 amide bonds. The van der Waals surface area contributed by atoms with Gasteiger partial charge in [-0.3, -0.25) is 4.79 Å². The molecule has 0 bridgehead atoms. The Morgan fingerprint density at radius 2 is 2.00 bits per heavy atom. The minimum atomic E-state index is -3.35. The molecule has 6 heteroatoms. The summed E-state index contributed by atoms with van der Waals surface area (Å²) < 4.78 is 28.4. The number of nitrogens with one attached hydrogen (secondary N) is 1. The van der Waals surface area contributed by atoms with Crippen molar-refractivity contribution in [1.82, 2.24) is 5.32 Å². The van der Waals surface area contributed by atoms with E-state index in [2.05, 4.69) is 5.32 Å². The van der Waals surface area contributed by atoms with E-state index in [1.807, 2.05) is 0 Å². The van der Waals surface area contributed by atoms with E-state index in [4.69, 9.17) is 4.42 Å². The number of aryl methyl sites for hydroxylation is 1. The third-order valence-corrected chi connectivity index (χ3v) is 4.31. The maximum absolute atomic E-state index is 12.3. The van der Waals surface area contributed by atoms with Crippen molar-refractivity contribution < 1.29 is 17.6 Å². The van der Waals surface area contributed by atoms with Gasteiger partial charge in [0, 0.05) is 11.8 Å². The van der Waals surface area contributed by atoms with Crippen LogP contribution in [0.4, 0.5) is 0 Å². The van der Waals surface area contributed by atoms with Crippen LogP contribution < -0.4 is 5.32 Å². The summed E-state index contributed by atoms with van der Waals surface area (Å²) in [4.78, 5) is 12.4. The average Bonchev–Trinajstić information content (AvgIpc) is 2.91. The maximum Gasteiger partial charge on any atom is 0.252 e. The van der Waals surface area contributed by atoms with Crippen molar-refractivity contribution in [2.75, 3.05) is 6.26 Å². The first kappa shape index (κ1) is 15.3. The largest absolute Gasteiger partial charge is 0.467 e. The summed E-state index contributed by atoms with van der Waals surface area (Å²) in [6, 6.07) is 7.74. The number of rotatable bonds is 4. The van der Waals surface area contributed by atoms with Crippen LogP contribution in [0.1, 0.15) is 34.6 Å². The highest BCUT2D eigenvalue weighted by Gasteiger charge is 2.17. The normalized spacial score (nSPS) is 12.9. The molecule has 1 N–H and O–H groups in total. The van der Waals surface area contributed by atoms with Gasteiger partial charge in [0.1, 0.15) is 5.76 Å².